The van der Waals surface area contributed by atoms with Crippen LogP contribution in [0.4, 0.5) is 5.69 Å². The number of amidine groups is 1. The molecule has 1 unspecified atom stereocenters. The molecule has 1 aliphatic rings. The molecule has 18 heavy (non-hydrogen) atoms. The summed E-state index contributed by atoms with van der Waals surface area (Å²) in [4.78, 5) is 15.5. The van der Waals surface area contributed by atoms with Crippen LogP contribution < -0.4 is 10.5 Å². The quantitative estimate of drug-likeness (QED) is 0.829. The number of nitrogens with zero attached hydrogens (tertiary/aromatic N) is 1. The van der Waals surface area contributed by atoms with E-state index in [9.17, 15) is 13.2 Å². The van der Waals surface area contributed by atoms with Crippen LogP contribution in [0, 0.1) is 0 Å². The van der Waals surface area contributed by atoms with Gasteiger partial charge < -0.3 is 5.32 Å². The van der Waals surface area contributed by atoms with Gasteiger partial charge >= 0.3 is 0 Å². The zero-order valence-corrected chi connectivity index (χ0v) is 11.1. The maximum Gasteiger partial charge on any atom is 0.239 e. The molecule has 3 N–H and O–H groups in total. The number of primary sulfonamides is 1. The van der Waals surface area contributed by atoms with Crippen molar-refractivity contribution >= 4 is 38.5 Å². The van der Waals surface area contributed by atoms with Crippen molar-refractivity contribution in [3.8, 4) is 0 Å². The summed E-state index contributed by atoms with van der Waals surface area (Å²) in [5.74, 6) is -0.0834. The monoisotopic (exact) mass is 285 g/mol. The van der Waals surface area contributed by atoms with Gasteiger partial charge in [0.2, 0.25) is 15.9 Å². The van der Waals surface area contributed by atoms with Crippen molar-refractivity contribution in [1.29, 1.82) is 0 Å². The van der Waals surface area contributed by atoms with Crippen molar-refractivity contribution in [1.82, 2.24) is 5.32 Å². The van der Waals surface area contributed by atoms with Gasteiger partial charge in [-0.15, -0.1) is 0 Å². The molecule has 0 bridgehead atoms. The van der Waals surface area contributed by atoms with E-state index in [0.717, 1.165) is 0 Å². The van der Waals surface area contributed by atoms with Gasteiger partial charge in [-0.3, -0.25) is 4.79 Å². The molecule has 6 nitrogen and oxygen atoms in total. The van der Waals surface area contributed by atoms with Crippen molar-refractivity contribution < 1.29 is 13.2 Å². The van der Waals surface area contributed by atoms with E-state index in [0.29, 0.717) is 10.9 Å². The first kappa shape index (κ1) is 13.1. The number of hydrogen-bond acceptors (Lipinski definition) is 5. The molecule has 2 rings (SSSR count). The van der Waals surface area contributed by atoms with Gasteiger partial charge in [-0.2, -0.15) is 0 Å². The van der Waals surface area contributed by atoms with E-state index in [1.807, 2.05) is 0 Å². The van der Waals surface area contributed by atoms with Crippen molar-refractivity contribution in [3.63, 3.8) is 0 Å². The molecule has 1 atom stereocenters. The Balaban J connectivity index is 2.22. The van der Waals surface area contributed by atoms with Crippen LogP contribution >= 0.6 is 11.8 Å². The second-order valence-corrected chi connectivity index (χ2v) is 6.60. The Hall–Kier alpha value is -1.38. The number of sulfonamides is 1. The normalized spacial score (nSPS) is 22.2. The van der Waals surface area contributed by atoms with Crippen molar-refractivity contribution in [2.75, 3.05) is 0 Å². The molecule has 0 aromatic heterocycles. The van der Waals surface area contributed by atoms with Crippen LogP contribution in [0.3, 0.4) is 0 Å². The smallest absolute Gasteiger partial charge is 0.239 e. The standard InChI is InChI=1S/C10H11N3O3S2/c1-6-9(14)13-10(17-6)12-7-2-4-8(5-3-7)18(11,15)16/h2-6H,1H3,(H2,11,15,16)(H,12,13,14). The number of amides is 1. The fourth-order valence-electron chi connectivity index (χ4n) is 1.34. The minimum Gasteiger partial charge on any atom is -0.304 e. The first-order chi connectivity index (χ1) is 8.36. The maximum atomic E-state index is 11.3. The topological polar surface area (TPSA) is 102 Å². The Bertz CT molecular complexity index is 608. The van der Waals surface area contributed by atoms with Crippen molar-refractivity contribution in [3.05, 3.63) is 24.3 Å². The number of carbonyl (C=O) groups is 1. The van der Waals surface area contributed by atoms with Gasteiger partial charge in [0.05, 0.1) is 15.8 Å². The minimum absolute atomic E-state index is 0.0305. The molecule has 1 aliphatic heterocycles. The molecule has 1 aromatic rings. The van der Waals surface area contributed by atoms with Crippen LogP contribution in [0.1, 0.15) is 6.92 Å². The highest BCUT2D eigenvalue weighted by Gasteiger charge is 2.25. The van der Waals surface area contributed by atoms with Crippen molar-refractivity contribution in [2.45, 2.75) is 17.1 Å². The molecule has 8 heteroatoms. The number of benzene rings is 1. The predicted octanol–water partition coefficient (Wildman–Crippen LogP) is 0.573. The Morgan fingerprint density at radius 1 is 1.33 bits per heavy atom. The van der Waals surface area contributed by atoms with Gasteiger partial charge in [0.15, 0.2) is 5.17 Å². The van der Waals surface area contributed by atoms with Crippen LogP contribution in [0.2, 0.25) is 0 Å². The van der Waals surface area contributed by atoms with E-state index in [1.165, 1.54) is 36.0 Å². The summed E-state index contributed by atoms with van der Waals surface area (Å²) < 4.78 is 22.1. The van der Waals surface area contributed by atoms with Crippen LogP contribution in [0.15, 0.2) is 34.2 Å². The molecule has 96 valence electrons. The molecule has 1 fully saturated rings. The van der Waals surface area contributed by atoms with E-state index in [2.05, 4.69) is 10.3 Å². The first-order valence-electron chi connectivity index (χ1n) is 5.05. The SMILES string of the molecule is CC1SC(=Nc2ccc(S(N)(=O)=O)cc2)NC1=O. The zero-order chi connectivity index (χ0) is 13.3. The lowest BCUT2D eigenvalue weighted by Crippen LogP contribution is -2.23. The highest BCUT2D eigenvalue weighted by atomic mass is 32.2. The van der Waals surface area contributed by atoms with E-state index < -0.39 is 10.0 Å². The summed E-state index contributed by atoms with van der Waals surface area (Å²) in [5, 5.41) is 7.96. The second kappa shape index (κ2) is 4.71. The Kier molecular flexibility index (Phi) is 3.42. The summed E-state index contributed by atoms with van der Waals surface area (Å²) in [6, 6.07) is 5.81. The molecular formula is C10H11N3O3S2. The lowest BCUT2D eigenvalue weighted by Gasteiger charge is -1.99. The van der Waals surface area contributed by atoms with Crippen LogP contribution in [-0.2, 0) is 14.8 Å². The van der Waals surface area contributed by atoms with Gasteiger partial charge in [0, 0.05) is 0 Å². The van der Waals surface area contributed by atoms with E-state index in [1.54, 1.807) is 6.92 Å². The van der Waals surface area contributed by atoms with Crippen molar-refractivity contribution in [2.24, 2.45) is 10.1 Å². The van der Waals surface area contributed by atoms with E-state index in [4.69, 9.17) is 5.14 Å². The number of carbonyl (C=O) groups excluding carboxylic acids is 1. The van der Waals surface area contributed by atoms with Gasteiger partial charge in [0.25, 0.3) is 0 Å². The number of aliphatic imine (C=N–C) groups is 1. The summed E-state index contributed by atoms with van der Waals surface area (Å²) in [5.41, 5.74) is 0.555. The van der Waals surface area contributed by atoms with E-state index >= 15 is 0 Å². The Morgan fingerprint density at radius 3 is 2.39 bits per heavy atom. The van der Waals surface area contributed by atoms with Crippen LogP contribution in [0.5, 0.6) is 0 Å². The summed E-state index contributed by atoms with van der Waals surface area (Å²) in [6.07, 6.45) is 0. The molecular weight excluding hydrogens is 274 g/mol. The third-order valence-corrected chi connectivity index (χ3v) is 4.20. The first-order valence-corrected chi connectivity index (χ1v) is 7.48. The fourth-order valence-corrected chi connectivity index (χ4v) is 2.67. The Morgan fingerprint density at radius 2 is 1.94 bits per heavy atom. The maximum absolute atomic E-state index is 11.3. The highest BCUT2D eigenvalue weighted by Crippen LogP contribution is 2.23. The van der Waals surface area contributed by atoms with Gasteiger partial charge in [-0.05, 0) is 31.2 Å². The highest BCUT2D eigenvalue weighted by molar-refractivity contribution is 8.15. The number of nitrogens with one attached hydrogen (secondary N) is 1. The fraction of sp³-hybridized carbons (Fsp3) is 0.200. The molecule has 0 spiro atoms. The third-order valence-electron chi connectivity index (χ3n) is 2.28. The summed E-state index contributed by atoms with van der Waals surface area (Å²) >= 11 is 1.32. The predicted molar refractivity (Wildman–Crippen MR) is 70.1 cm³/mol. The van der Waals surface area contributed by atoms with Gasteiger partial charge in [-0.1, -0.05) is 11.8 Å². The van der Waals surface area contributed by atoms with Gasteiger partial charge in [-0.25, -0.2) is 18.5 Å². The number of hydrogen-bond donors (Lipinski definition) is 2. The molecule has 1 amide bonds. The summed E-state index contributed by atoms with van der Waals surface area (Å²) in [6.45, 7) is 1.78. The largest absolute Gasteiger partial charge is 0.304 e. The third kappa shape index (κ3) is 2.89. The number of rotatable bonds is 2. The minimum atomic E-state index is -3.69. The number of nitrogens with two attached hydrogens (primary N) is 1. The molecule has 0 aliphatic carbocycles. The van der Waals surface area contributed by atoms with Gasteiger partial charge in [0.1, 0.15) is 0 Å². The molecule has 1 heterocycles. The van der Waals surface area contributed by atoms with Crippen LogP contribution in [-0.4, -0.2) is 24.7 Å². The lowest BCUT2D eigenvalue weighted by molar-refractivity contribution is -0.118. The van der Waals surface area contributed by atoms with Crippen LogP contribution in [0.25, 0.3) is 0 Å². The van der Waals surface area contributed by atoms with E-state index in [-0.39, 0.29) is 16.1 Å². The molecule has 0 saturated carbocycles. The lowest BCUT2D eigenvalue weighted by atomic mass is 10.3. The molecule has 1 aromatic carbocycles. The number of thioether (sulfide) groups is 1. The average Bonchev–Trinajstić information content (AvgIpc) is 2.57. The zero-order valence-electron chi connectivity index (χ0n) is 9.45. The second-order valence-electron chi connectivity index (χ2n) is 3.71. The summed E-state index contributed by atoms with van der Waals surface area (Å²) in [7, 11) is -3.69. The Labute approximate surface area is 109 Å². The molecule has 1 saturated heterocycles. The average molecular weight is 285 g/mol. The molecule has 0 radical (unpaired) electrons.